The first-order valence-electron chi connectivity index (χ1n) is 8.97. The highest BCUT2D eigenvalue weighted by molar-refractivity contribution is 7.12. The molecule has 0 N–H and O–H groups in total. The largest absolute Gasteiger partial charge is 0.371 e. The molecule has 1 aromatic carbocycles. The molecule has 1 fully saturated rings. The van der Waals surface area contributed by atoms with Crippen LogP contribution in [-0.4, -0.2) is 23.9 Å². The first-order chi connectivity index (χ1) is 12.3. The van der Waals surface area contributed by atoms with E-state index in [0.717, 1.165) is 48.4 Å². The number of nitrogens with zero attached hydrogens (tertiary/aromatic N) is 2. The number of hydrogen-bond donors (Lipinski definition) is 0. The highest BCUT2D eigenvalue weighted by atomic mass is 32.1. The molecule has 25 heavy (non-hydrogen) atoms. The van der Waals surface area contributed by atoms with Crippen LogP contribution in [-0.2, 0) is 6.42 Å². The number of hydrogen-bond acceptors (Lipinski definition) is 4. The molecule has 3 heterocycles. The Labute approximate surface area is 152 Å². The van der Waals surface area contributed by atoms with Crippen molar-refractivity contribution in [3.63, 3.8) is 0 Å². The van der Waals surface area contributed by atoms with E-state index in [1.54, 1.807) is 11.3 Å². The van der Waals surface area contributed by atoms with E-state index in [1.165, 1.54) is 11.1 Å². The van der Waals surface area contributed by atoms with Gasteiger partial charge in [-0.25, -0.2) is 0 Å². The van der Waals surface area contributed by atoms with E-state index in [0.29, 0.717) is 5.78 Å². The average molecular weight is 350 g/mol. The zero-order chi connectivity index (χ0) is 17.2. The van der Waals surface area contributed by atoms with Gasteiger partial charge in [-0.2, -0.15) is 0 Å². The molecule has 0 saturated carbocycles. The van der Waals surface area contributed by atoms with E-state index >= 15 is 0 Å². The summed E-state index contributed by atoms with van der Waals surface area (Å²) in [6.07, 6.45) is 2.79. The van der Waals surface area contributed by atoms with Crippen LogP contribution in [0.15, 0.2) is 47.8 Å². The lowest BCUT2D eigenvalue weighted by Gasteiger charge is -2.33. The molecule has 0 radical (unpaired) electrons. The normalized spacial score (nSPS) is 15.6. The number of piperidine rings is 1. The molecule has 0 amide bonds. The number of benzene rings is 1. The van der Waals surface area contributed by atoms with Crippen LogP contribution in [0, 0.1) is 5.92 Å². The Kier molecular flexibility index (Phi) is 4.53. The lowest BCUT2D eigenvalue weighted by Crippen LogP contribution is -2.36. The maximum atomic E-state index is 12.6. The van der Waals surface area contributed by atoms with Crippen molar-refractivity contribution in [3.8, 4) is 0 Å². The molecule has 1 aliphatic rings. The maximum Gasteiger partial charge on any atom is 0.175 e. The number of aryl methyl sites for hydroxylation is 1. The van der Waals surface area contributed by atoms with Gasteiger partial charge in [0.2, 0.25) is 0 Å². The van der Waals surface area contributed by atoms with E-state index in [4.69, 9.17) is 4.98 Å². The third kappa shape index (κ3) is 3.19. The smallest absolute Gasteiger partial charge is 0.175 e. The number of carbonyl (C=O) groups excluding carboxylic acids is 1. The quantitative estimate of drug-likeness (QED) is 0.624. The SMILES string of the molecule is CCc1cc(N2CCC(C(=O)c3cccs3)CC2)c2ccccc2n1. The Morgan fingerprint density at radius 3 is 2.72 bits per heavy atom. The fourth-order valence-electron chi connectivity index (χ4n) is 3.66. The fourth-order valence-corrected chi connectivity index (χ4v) is 4.40. The first kappa shape index (κ1) is 16.3. The molecule has 3 nitrogen and oxygen atoms in total. The molecular weight excluding hydrogens is 328 g/mol. The number of fused-ring (bicyclic) bond motifs is 1. The van der Waals surface area contributed by atoms with Crippen LogP contribution in [0.1, 0.15) is 35.1 Å². The van der Waals surface area contributed by atoms with Gasteiger partial charge in [-0.1, -0.05) is 31.2 Å². The summed E-state index contributed by atoms with van der Waals surface area (Å²) in [6, 6.07) is 14.5. The molecule has 0 unspecified atom stereocenters. The third-order valence-electron chi connectivity index (χ3n) is 5.08. The minimum absolute atomic E-state index is 0.161. The van der Waals surface area contributed by atoms with Gasteiger partial charge >= 0.3 is 0 Å². The molecule has 128 valence electrons. The molecule has 1 saturated heterocycles. The number of thiophene rings is 1. The van der Waals surface area contributed by atoms with Gasteiger partial charge in [-0.3, -0.25) is 9.78 Å². The molecule has 0 bridgehead atoms. The zero-order valence-corrected chi connectivity index (χ0v) is 15.3. The Bertz CT molecular complexity index is 880. The van der Waals surface area contributed by atoms with Crippen LogP contribution < -0.4 is 4.90 Å². The van der Waals surface area contributed by atoms with E-state index < -0.39 is 0 Å². The Balaban J connectivity index is 1.56. The summed E-state index contributed by atoms with van der Waals surface area (Å²) in [6.45, 7) is 4.00. The highest BCUT2D eigenvalue weighted by Crippen LogP contribution is 2.32. The number of aromatic nitrogens is 1. The van der Waals surface area contributed by atoms with E-state index in [2.05, 4.69) is 36.1 Å². The average Bonchev–Trinajstić information content (AvgIpc) is 3.21. The molecule has 0 atom stereocenters. The molecule has 3 aromatic rings. The van der Waals surface area contributed by atoms with Gasteiger partial charge in [-0.15, -0.1) is 11.3 Å². The van der Waals surface area contributed by atoms with Crippen molar-refractivity contribution in [1.29, 1.82) is 0 Å². The number of anilines is 1. The van der Waals surface area contributed by atoms with Gasteiger partial charge in [0, 0.05) is 35.8 Å². The van der Waals surface area contributed by atoms with E-state index in [1.807, 2.05) is 23.6 Å². The number of ketones is 1. The number of para-hydroxylation sites is 1. The predicted molar refractivity (Wildman–Crippen MR) is 105 cm³/mol. The molecule has 4 rings (SSSR count). The van der Waals surface area contributed by atoms with Crippen molar-refractivity contribution in [3.05, 3.63) is 58.4 Å². The minimum Gasteiger partial charge on any atom is -0.371 e. The van der Waals surface area contributed by atoms with Gasteiger partial charge < -0.3 is 4.90 Å². The summed E-state index contributed by atoms with van der Waals surface area (Å²) in [7, 11) is 0. The van der Waals surface area contributed by atoms with Gasteiger partial charge in [0.05, 0.1) is 10.4 Å². The topological polar surface area (TPSA) is 33.2 Å². The van der Waals surface area contributed by atoms with Crippen molar-refractivity contribution in [1.82, 2.24) is 4.98 Å². The van der Waals surface area contributed by atoms with Crippen LogP contribution >= 0.6 is 11.3 Å². The van der Waals surface area contributed by atoms with Crippen molar-refractivity contribution in [2.24, 2.45) is 5.92 Å². The number of pyridine rings is 1. The van der Waals surface area contributed by atoms with Crippen molar-refractivity contribution >= 4 is 33.7 Å². The lowest BCUT2D eigenvalue weighted by atomic mass is 9.91. The second-order valence-electron chi connectivity index (χ2n) is 6.61. The van der Waals surface area contributed by atoms with E-state index in [-0.39, 0.29) is 5.92 Å². The second kappa shape index (κ2) is 6.96. The zero-order valence-electron chi connectivity index (χ0n) is 14.4. The van der Waals surface area contributed by atoms with Crippen LogP contribution in [0.5, 0.6) is 0 Å². The first-order valence-corrected chi connectivity index (χ1v) is 9.85. The highest BCUT2D eigenvalue weighted by Gasteiger charge is 2.27. The summed E-state index contributed by atoms with van der Waals surface area (Å²) < 4.78 is 0. The number of Topliss-reactive ketones (excluding diaryl/α,β-unsaturated/α-hetero) is 1. The summed E-state index contributed by atoms with van der Waals surface area (Å²) in [4.78, 5) is 20.7. The van der Waals surface area contributed by atoms with Crippen LogP contribution in [0.2, 0.25) is 0 Å². The fraction of sp³-hybridized carbons (Fsp3) is 0.333. The molecule has 0 aliphatic carbocycles. The Morgan fingerprint density at radius 2 is 2.00 bits per heavy atom. The van der Waals surface area contributed by atoms with Gasteiger partial charge in [0.15, 0.2) is 5.78 Å². The van der Waals surface area contributed by atoms with Crippen LogP contribution in [0.4, 0.5) is 5.69 Å². The van der Waals surface area contributed by atoms with Crippen molar-refractivity contribution < 1.29 is 4.79 Å². The maximum absolute atomic E-state index is 12.6. The summed E-state index contributed by atoms with van der Waals surface area (Å²) >= 11 is 1.56. The van der Waals surface area contributed by atoms with Gasteiger partial charge in [0.1, 0.15) is 0 Å². The Morgan fingerprint density at radius 1 is 1.20 bits per heavy atom. The predicted octanol–water partition coefficient (Wildman–Crippen LogP) is 4.96. The molecule has 0 spiro atoms. The molecular formula is C21H22N2OS. The molecule has 2 aromatic heterocycles. The Hall–Kier alpha value is -2.20. The molecule has 4 heteroatoms. The summed E-state index contributed by atoms with van der Waals surface area (Å²) in [5.41, 5.74) is 3.46. The standard InChI is InChI=1S/C21H22N2OS/c1-2-16-14-19(17-6-3-4-7-18(17)22-16)23-11-9-15(10-12-23)21(24)20-8-5-13-25-20/h3-8,13-15H,2,9-12H2,1H3. The van der Waals surface area contributed by atoms with Gasteiger partial charge in [-0.05, 0) is 42.8 Å². The monoisotopic (exact) mass is 350 g/mol. The third-order valence-corrected chi connectivity index (χ3v) is 5.96. The molecule has 1 aliphatic heterocycles. The van der Waals surface area contributed by atoms with Gasteiger partial charge in [0.25, 0.3) is 0 Å². The van der Waals surface area contributed by atoms with Crippen LogP contribution in [0.25, 0.3) is 10.9 Å². The van der Waals surface area contributed by atoms with E-state index in [9.17, 15) is 4.79 Å². The summed E-state index contributed by atoms with van der Waals surface area (Å²) in [5, 5.41) is 3.19. The number of carbonyl (C=O) groups is 1. The van der Waals surface area contributed by atoms with Crippen molar-refractivity contribution in [2.45, 2.75) is 26.2 Å². The second-order valence-corrected chi connectivity index (χ2v) is 7.55. The van der Waals surface area contributed by atoms with Crippen LogP contribution in [0.3, 0.4) is 0 Å². The summed E-state index contributed by atoms with van der Waals surface area (Å²) in [5.74, 6) is 0.483. The number of rotatable bonds is 4. The lowest BCUT2D eigenvalue weighted by molar-refractivity contribution is 0.0905. The van der Waals surface area contributed by atoms with Crippen molar-refractivity contribution in [2.75, 3.05) is 18.0 Å². The minimum atomic E-state index is 0.161.